The lowest BCUT2D eigenvalue weighted by Gasteiger charge is -2.18. The average Bonchev–Trinajstić information content (AvgIpc) is 2.48. The van der Waals surface area contributed by atoms with Crippen molar-refractivity contribution in [3.63, 3.8) is 0 Å². The highest BCUT2D eigenvalue weighted by Gasteiger charge is 1.99. The van der Waals surface area contributed by atoms with Crippen LogP contribution in [0.4, 0.5) is 0 Å². The second-order valence-electron chi connectivity index (χ2n) is 5.22. The summed E-state index contributed by atoms with van der Waals surface area (Å²) in [6, 6.07) is 0. The van der Waals surface area contributed by atoms with E-state index in [1.807, 2.05) is 7.05 Å². The molecule has 120 valence electrons. The van der Waals surface area contributed by atoms with E-state index in [1.165, 1.54) is 45.1 Å². The van der Waals surface area contributed by atoms with Gasteiger partial charge in [0.15, 0.2) is 5.96 Å². The summed E-state index contributed by atoms with van der Waals surface area (Å²) < 4.78 is 0. The molecular weight excluding hydrogens is 248 g/mol. The Bertz CT molecular complexity index is 225. The Hall–Kier alpha value is -0.770. The highest BCUT2D eigenvalue weighted by Crippen LogP contribution is 1.97. The van der Waals surface area contributed by atoms with Gasteiger partial charge in [-0.15, -0.1) is 0 Å². The van der Waals surface area contributed by atoms with Crippen molar-refractivity contribution in [3.8, 4) is 0 Å². The minimum absolute atomic E-state index is 0.948. The SMILES string of the molecule is CCCCCCNC(=NC)NCCCCN(CC)CC. The number of hydrogen-bond donors (Lipinski definition) is 2. The van der Waals surface area contributed by atoms with Crippen LogP contribution in [0.3, 0.4) is 0 Å². The van der Waals surface area contributed by atoms with Crippen LogP contribution in [-0.2, 0) is 0 Å². The molecule has 0 spiro atoms. The van der Waals surface area contributed by atoms with Crippen molar-refractivity contribution >= 4 is 5.96 Å². The molecule has 0 atom stereocenters. The van der Waals surface area contributed by atoms with Crippen LogP contribution in [0.25, 0.3) is 0 Å². The summed E-state index contributed by atoms with van der Waals surface area (Å²) in [6.45, 7) is 12.3. The van der Waals surface area contributed by atoms with Gasteiger partial charge < -0.3 is 15.5 Å². The van der Waals surface area contributed by atoms with Crippen molar-refractivity contribution in [3.05, 3.63) is 0 Å². The molecule has 20 heavy (non-hydrogen) atoms. The second kappa shape index (κ2) is 14.6. The lowest BCUT2D eigenvalue weighted by molar-refractivity contribution is 0.297. The van der Waals surface area contributed by atoms with Crippen LogP contribution >= 0.6 is 0 Å². The second-order valence-corrected chi connectivity index (χ2v) is 5.22. The first-order valence-electron chi connectivity index (χ1n) is 8.45. The molecule has 2 N–H and O–H groups in total. The molecule has 0 aliphatic carbocycles. The predicted molar refractivity (Wildman–Crippen MR) is 90.5 cm³/mol. The minimum Gasteiger partial charge on any atom is -0.356 e. The molecule has 0 unspecified atom stereocenters. The molecule has 0 aromatic carbocycles. The van der Waals surface area contributed by atoms with Gasteiger partial charge >= 0.3 is 0 Å². The molecular formula is C16H36N4. The predicted octanol–water partition coefficient (Wildman–Crippen LogP) is 2.85. The molecule has 0 saturated carbocycles. The number of hydrogen-bond acceptors (Lipinski definition) is 2. The van der Waals surface area contributed by atoms with Crippen LogP contribution in [0, 0.1) is 0 Å². The normalized spacial score (nSPS) is 11.9. The van der Waals surface area contributed by atoms with Gasteiger partial charge in [-0.1, -0.05) is 40.0 Å². The third-order valence-corrected chi connectivity index (χ3v) is 3.63. The summed E-state index contributed by atoms with van der Waals surface area (Å²) in [5.74, 6) is 0.948. The number of rotatable bonds is 12. The molecule has 0 aliphatic heterocycles. The van der Waals surface area contributed by atoms with Gasteiger partial charge in [-0.2, -0.15) is 0 Å². The quantitative estimate of drug-likeness (QED) is 0.329. The summed E-state index contributed by atoms with van der Waals surface area (Å²) in [4.78, 5) is 6.73. The largest absolute Gasteiger partial charge is 0.356 e. The third kappa shape index (κ3) is 11.1. The number of unbranched alkanes of at least 4 members (excludes halogenated alkanes) is 4. The Labute approximate surface area is 126 Å². The molecule has 0 fully saturated rings. The molecule has 0 saturated heterocycles. The van der Waals surface area contributed by atoms with Crippen LogP contribution in [0.2, 0.25) is 0 Å². The van der Waals surface area contributed by atoms with Crippen molar-refractivity contribution in [2.24, 2.45) is 4.99 Å². The third-order valence-electron chi connectivity index (χ3n) is 3.63. The van der Waals surface area contributed by atoms with E-state index in [4.69, 9.17) is 0 Å². The Kier molecular flexibility index (Phi) is 14.1. The summed E-state index contributed by atoms with van der Waals surface area (Å²) in [5.41, 5.74) is 0. The summed E-state index contributed by atoms with van der Waals surface area (Å²) in [5, 5.41) is 6.77. The molecule has 4 heteroatoms. The minimum atomic E-state index is 0.948. The maximum Gasteiger partial charge on any atom is 0.190 e. The Morgan fingerprint density at radius 3 is 1.95 bits per heavy atom. The van der Waals surface area contributed by atoms with E-state index >= 15 is 0 Å². The van der Waals surface area contributed by atoms with Gasteiger partial charge in [-0.3, -0.25) is 4.99 Å². The van der Waals surface area contributed by atoms with Gasteiger partial charge in [-0.05, 0) is 38.9 Å². The number of nitrogens with zero attached hydrogens (tertiary/aromatic N) is 2. The van der Waals surface area contributed by atoms with Crippen LogP contribution in [0.15, 0.2) is 4.99 Å². The maximum absolute atomic E-state index is 4.25. The standard InChI is InChI=1S/C16H36N4/c1-5-8-9-10-13-18-16(17-4)19-14-11-12-15-20(6-2)7-3/h5-15H2,1-4H3,(H2,17,18,19). The van der Waals surface area contributed by atoms with E-state index in [9.17, 15) is 0 Å². The number of aliphatic imine (C=N–C) groups is 1. The molecule has 0 bridgehead atoms. The number of nitrogens with one attached hydrogen (secondary N) is 2. The first kappa shape index (κ1) is 19.2. The topological polar surface area (TPSA) is 39.7 Å². The summed E-state index contributed by atoms with van der Waals surface area (Å²) >= 11 is 0. The highest BCUT2D eigenvalue weighted by atomic mass is 15.2. The van der Waals surface area contributed by atoms with E-state index in [-0.39, 0.29) is 0 Å². The lowest BCUT2D eigenvalue weighted by atomic mass is 10.2. The maximum atomic E-state index is 4.25. The van der Waals surface area contributed by atoms with Gasteiger partial charge in [-0.25, -0.2) is 0 Å². The van der Waals surface area contributed by atoms with Gasteiger partial charge in [0.25, 0.3) is 0 Å². The van der Waals surface area contributed by atoms with E-state index in [0.29, 0.717) is 0 Å². The van der Waals surface area contributed by atoms with Gasteiger partial charge in [0.05, 0.1) is 0 Å². The Morgan fingerprint density at radius 2 is 1.45 bits per heavy atom. The van der Waals surface area contributed by atoms with E-state index in [1.54, 1.807) is 0 Å². The van der Waals surface area contributed by atoms with Crippen LogP contribution in [-0.4, -0.2) is 50.6 Å². The fraction of sp³-hybridized carbons (Fsp3) is 0.938. The van der Waals surface area contributed by atoms with Gasteiger partial charge in [0.2, 0.25) is 0 Å². The smallest absolute Gasteiger partial charge is 0.190 e. The highest BCUT2D eigenvalue weighted by molar-refractivity contribution is 5.79. The molecule has 4 nitrogen and oxygen atoms in total. The summed E-state index contributed by atoms with van der Waals surface area (Å²) in [7, 11) is 1.84. The van der Waals surface area contributed by atoms with Gasteiger partial charge in [0, 0.05) is 20.1 Å². The van der Waals surface area contributed by atoms with Crippen molar-refractivity contribution in [1.29, 1.82) is 0 Å². The number of guanidine groups is 1. The zero-order chi connectivity index (χ0) is 15.1. The zero-order valence-electron chi connectivity index (χ0n) is 14.2. The molecule has 0 heterocycles. The fourth-order valence-corrected chi connectivity index (χ4v) is 2.19. The van der Waals surface area contributed by atoms with Crippen molar-refractivity contribution < 1.29 is 0 Å². The van der Waals surface area contributed by atoms with Crippen molar-refractivity contribution in [1.82, 2.24) is 15.5 Å². The molecule has 0 aliphatic rings. The fourth-order valence-electron chi connectivity index (χ4n) is 2.19. The van der Waals surface area contributed by atoms with Gasteiger partial charge in [0.1, 0.15) is 0 Å². The zero-order valence-corrected chi connectivity index (χ0v) is 14.2. The molecule has 0 rings (SSSR count). The Balaban J connectivity index is 3.50. The van der Waals surface area contributed by atoms with E-state index in [0.717, 1.165) is 32.1 Å². The first-order valence-corrected chi connectivity index (χ1v) is 8.45. The van der Waals surface area contributed by atoms with Crippen LogP contribution < -0.4 is 10.6 Å². The Morgan fingerprint density at radius 1 is 0.850 bits per heavy atom. The molecule has 0 amide bonds. The van der Waals surface area contributed by atoms with Crippen molar-refractivity contribution in [2.45, 2.75) is 59.3 Å². The molecule has 0 aromatic rings. The molecule has 0 radical (unpaired) electrons. The first-order chi connectivity index (χ1) is 9.78. The van der Waals surface area contributed by atoms with Crippen LogP contribution in [0.1, 0.15) is 59.3 Å². The monoisotopic (exact) mass is 284 g/mol. The van der Waals surface area contributed by atoms with E-state index in [2.05, 4.69) is 41.3 Å². The van der Waals surface area contributed by atoms with Crippen LogP contribution in [0.5, 0.6) is 0 Å². The van der Waals surface area contributed by atoms with Crippen molar-refractivity contribution in [2.75, 3.05) is 39.8 Å². The average molecular weight is 284 g/mol. The molecule has 0 aromatic heterocycles. The lowest BCUT2D eigenvalue weighted by Crippen LogP contribution is -2.38. The van der Waals surface area contributed by atoms with E-state index < -0.39 is 0 Å². The summed E-state index contributed by atoms with van der Waals surface area (Å²) in [6.07, 6.45) is 7.62.